The van der Waals surface area contributed by atoms with Crippen LogP contribution >= 0.6 is 0 Å². The fourth-order valence-corrected chi connectivity index (χ4v) is 1.09. The highest BCUT2D eigenvalue weighted by Crippen LogP contribution is 1.99. The van der Waals surface area contributed by atoms with Gasteiger partial charge in [0.1, 0.15) is 0 Å². The van der Waals surface area contributed by atoms with E-state index in [-0.39, 0.29) is 0 Å². The molecule has 0 radical (unpaired) electrons. The van der Waals surface area contributed by atoms with Gasteiger partial charge in [0.15, 0.2) is 0 Å². The van der Waals surface area contributed by atoms with Gasteiger partial charge >= 0.3 is 0 Å². The minimum atomic E-state index is 0.564. The monoisotopic (exact) mass is 167 g/mol. The molecule has 68 valence electrons. The van der Waals surface area contributed by atoms with Crippen LogP contribution in [0, 0.1) is 6.92 Å². The van der Waals surface area contributed by atoms with Crippen LogP contribution in [0.1, 0.15) is 19.0 Å². The molecule has 0 aliphatic rings. The number of nitrogens with one attached hydrogen (secondary N) is 1. The van der Waals surface area contributed by atoms with Gasteiger partial charge in [-0.3, -0.25) is 4.68 Å². The normalized spacial score (nSPS) is 13.2. The average molecular weight is 167 g/mol. The van der Waals surface area contributed by atoms with Crippen LogP contribution < -0.4 is 5.32 Å². The molecule has 1 heterocycles. The molecule has 0 aliphatic carbocycles. The first kappa shape index (κ1) is 9.26. The molecule has 0 aliphatic heterocycles. The van der Waals surface area contributed by atoms with E-state index in [2.05, 4.69) is 24.3 Å². The second kappa shape index (κ2) is 4.26. The van der Waals surface area contributed by atoms with Gasteiger partial charge in [-0.05, 0) is 33.4 Å². The molecule has 1 atom stereocenters. The molecule has 0 amide bonds. The number of rotatable bonds is 4. The van der Waals surface area contributed by atoms with Gasteiger partial charge in [0.25, 0.3) is 0 Å². The van der Waals surface area contributed by atoms with Crippen molar-refractivity contribution in [3.8, 4) is 0 Å². The van der Waals surface area contributed by atoms with Crippen molar-refractivity contribution in [3.05, 3.63) is 18.0 Å². The van der Waals surface area contributed by atoms with Gasteiger partial charge in [-0.1, -0.05) is 0 Å². The molecule has 0 aromatic carbocycles. The van der Waals surface area contributed by atoms with Crippen LogP contribution in [0.15, 0.2) is 12.3 Å². The predicted octanol–water partition coefficient (Wildman–Crippen LogP) is 1.19. The van der Waals surface area contributed by atoms with Gasteiger partial charge in [-0.15, -0.1) is 0 Å². The summed E-state index contributed by atoms with van der Waals surface area (Å²) < 4.78 is 2.04. The van der Waals surface area contributed by atoms with Crippen molar-refractivity contribution in [1.29, 1.82) is 0 Å². The van der Waals surface area contributed by atoms with E-state index in [1.165, 1.54) is 5.69 Å². The zero-order valence-corrected chi connectivity index (χ0v) is 8.04. The lowest BCUT2D eigenvalue weighted by molar-refractivity contribution is 0.479. The van der Waals surface area contributed by atoms with E-state index in [1.807, 2.05) is 24.0 Å². The van der Waals surface area contributed by atoms with Gasteiger partial charge in [-0.2, -0.15) is 5.10 Å². The first-order valence-electron chi connectivity index (χ1n) is 4.39. The minimum Gasteiger partial charge on any atom is -0.317 e. The summed E-state index contributed by atoms with van der Waals surface area (Å²) in [5.41, 5.74) is 1.23. The van der Waals surface area contributed by atoms with Crippen molar-refractivity contribution >= 4 is 0 Å². The third-order valence-electron chi connectivity index (χ3n) is 2.20. The Bertz CT molecular complexity index is 229. The number of hydrogen-bond donors (Lipinski definition) is 1. The first-order valence-corrected chi connectivity index (χ1v) is 4.39. The van der Waals surface area contributed by atoms with Crippen molar-refractivity contribution < 1.29 is 0 Å². The summed E-state index contributed by atoms with van der Waals surface area (Å²) in [6.07, 6.45) is 2.97. The van der Waals surface area contributed by atoms with Crippen LogP contribution in [-0.2, 0) is 6.54 Å². The van der Waals surface area contributed by atoms with Crippen molar-refractivity contribution in [1.82, 2.24) is 15.1 Å². The van der Waals surface area contributed by atoms with Gasteiger partial charge in [-0.25, -0.2) is 0 Å². The highest BCUT2D eigenvalue weighted by molar-refractivity contribution is 4.96. The number of aromatic nitrogens is 2. The Labute approximate surface area is 73.8 Å². The highest BCUT2D eigenvalue weighted by Gasteiger charge is 2.00. The Morgan fingerprint density at radius 3 is 2.92 bits per heavy atom. The van der Waals surface area contributed by atoms with E-state index >= 15 is 0 Å². The Morgan fingerprint density at radius 1 is 1.67 bits per heavy atom. The van der Waals surface area contributed by atoms with E-state index in [0.717, 1.165) is 13.0 Å². The van der Waals surface area contributed by atoms with E-state index in [1.54, 1.807) is 0 Å². The number of nitrogens with zero attached hydrogens (tertiary/aromatic N) is 2. The molecule has 0 bridgehead atoms. The molecule has 0 spiro atoms. The maximum Gasteiger partial charge on any atom is 0.0492 e. The minimum absolute atomic E-state index is 0.564. The molecule has 1 aromatic heterocycles. The lowest BCUT2D eigenvalue weighted by Gasteiger charge is -2.10. The van der Waals surface area contributed by atoms with Crippen LogP contribution in [0.3, 0.4) is 0 Å². The van der Waals surface area contributed by atoms with Gasteiger partial charge in [0.05, 0.1) is 0 Å². The summed E-state index contributed by atoms with van der Waals surface area (Å²) in [4.78, 5) is 0. The summed E-state index contributed by atoms with van der Waals surface area (Å²) >= 11 is 0. The van der Waals surface area contributed by atoms with Crippen molar-refractivity contribution in [2.45, 2.75) is 32.9 Å². The quantitative estimate of drug-likeness (QED) is 0.730. The van der Waals surface area contributed by atoms with E-state index in [0.29, 0.717) is 6.04 Å². The molecule has 0 saturated heterocycles. The van der Waals surface area contributed by atoms with Crippen LogP contribution in [0.25, 0.3) is 0 Å². The summed E-state index contributed by atoms with van der Waals surface area (Å²) in [5.74, 6) is 0. The van der Waals surface area contributed by atoms with Crippen molar-refractivity contribution in [2.24, 2.45) is 0 Å². The second-order valence-corrected chi connectivity index (χ2v) is 3.17. The molecule has 1 unspecified atom stereocenters. The van der Waals surface area contributed by atoms with Gasteiger partial charge in [0.2, 0.25) is 0 Å². The fraction of sp³-hybridized carbons (Fsp3) is 0.667. The lowest BCUT2D eigenvalue weighted by atomic mass is 10.2. The summed E-state index contributed by atoms with van der Waals surface area (Å²) in [6, 6.07) is 2.60. The van der Waals surface area contributed by atoms with E-state index < -0.39 is 0 Å². The largest absolute Gasteiger partial charge is 0.317 e. The molecule has 3 nitrogen and oxygen atoms in total. The molecular formula is C9H17N3. The Morgan fingerprint density at radius 2 is 2.42 bits per heavy atom. The lowest BCUT2D eigenvalue weighted by Crippen LogP contribution is -2.23. The molecule has 12 heavy (non-hydrogen) atoms. The molecule has 0 fully saturated rings. The van der Waals surface area contributed by atoms with E-state index in [4.69, 9.17) is 0 Å². The molecule has 1 N–H and O–H groups in total. The third-order valence-corrected chi connectivity index (χ3v) is 2.20. The predicted molar refractivity (Wildman–Crippen MR) is 50.1 cm³/mol. The zero-order valence-electron chi connectivity index (χ0n) is 8.04. The summed E-state index contributed by atoms with van der Waals surface area (Å²) in [6.45, 7) is 5.26. The van der Waals surface area contributed by atoms with Crippen molar-refractivity contribution in [3.63, 3.8) is 0 Å². The van der Waals surface area contributed by atoms with Crippen LogP contribution in [-0.4, -0.2) is 22.9 Å². The Kier molecular flexibility index (Phi) is 3.29. The molecule has 0 saturated carbocycles. The molecule has 1 rings (SSSR count). The summed E-state index contributed by atoms with van der Waals surface area (Å²) in [7, 11) is 1.99. The molecule has 1 aromatic rings. The van der Waals surface area contributed by atoms with Crippen molar-refractivity contribution in [2.75, 3.05) is 7.05 Å². The number of aryl methyl sites for hydroxylation is 2. The van der Waals surface area contributed by atoms with Crippen LogP contribution in [0.4, 0.5) is 0 Å². The van der Waals surface area contributed by atoms with E-state index in [9.17, 15) is 0 Å². The molecular weight excluding hydrogens is 150 g/mol. The highest BCUT2D eigenvalue weighted by atomic mass is 15.3. The van der Waals surface area contributed by atoms with Gasteiger partial charge in [0, 0.05) is 24.5 Å². The molecule has 3 heteroatoms. The Balaban J connectivity index is 2.38. The topological polar surface area (TPSA) is 29.9 Å². The summed E-state index contributed by atoms with van der Waals surface area (Å²) in [5, 5.41) is 7.42. The maximum atomic E-state index is 4.21. The maximum absolute atomic E-state index is 4.21. The van der Waals surface area contributed by atoms with Gasteiger partial charge < -0.3 is 5.32 Å². The third kappa shape index (κ3) is 2.34. The first-order chi connectivity index (χ1) is 5.74. The number of hydrogen-bond acceptors (Lipinski definition) is 2. The second-order valence-electron chi connectivity index (χ2n) is 3.17. The Hall–Kier alpha value is -0.830. The van der Waals surface area contributed by atoms with Crippen LogP contribution in [0.2, 0.25) is 0 Å². The zero-order chi connectivity index (χ0) is 8.97. The SMILES string of the molecule is CNC(C)CCn1nccc1C. The smallest absolute Gasteiger partial charge is 0.0492 e. The fourth-order valence-electron chi connectivity index (χ4n) is 1.09. The standard InChI is InChI=1S/C9H17N3/c1-8(10-3)5-7-12-9(2)4-6-11-12/h4,6,8,10H,5,7H2,1-3H3. The van der Waals surface area contributed by atoms with Crippen LogP contribution in [0.5, 0.6) is 0 Å². The average Bonchev–Trinajstić information content (AvgIpc) is 2.47.